The van der Waals surface area contributed by atoms with Crippen LogP contribution in [0, 0.1) is 11.3 Å². The Morgan fingerprint density at radius 2 is 2.46 bits per heavy atom. The quantitative estimate of drug-likeness (QED) is 0.662. The summed E-state index contributed by atoms with van der Waals surface area (Å²) in [5, 5.41) is 8.53. The fourth-order valence-electron chi connectivity index (χ4n) is 1.38. The Balaban J connectivity index is 2.48. The minimum absolute atomic E-state index is 0.0391. The summed E-state index contributed by atoms with van der Waals surface area (Å²) in [6, 6.07) is 3.75. The Morgan fingerprint density at radius 1 is 1.69 bits per heavy atom. The number of rotatable bonds is 2. The van der Waals surface area contributed by atoms with Crippen molar-refractivity contribution in [3.8, 4) is 6.07 Å². The van der Waals surface area contributed by atoms with Gasteiger partial charge in [0.25, 0.3) is 5.56 Å². The lowest BCUT2D eigenvalue weighted by Crippen LogP contribution is -2.22. The lowest BCUT2D eigenvalue weighted by molar-refractivity contribution is 0.646. The van der Waals surface area contributed by atoms with E-state index >= 15 is 0 Å². The summed E-state index contributed by atoms with van der Waals surface area (Å²) in [5.74, 6) is 0.595. The van der Waals surface area contributed by atoms with Crippen LogP contribution < -0.4 is 5.56 Å². The number of nitrogens with zero attached hydrogens (tertiary/aromatic N) is 3. The van der Waals surface area contributed by atoms with E-state index < -0.39 is 0 Å². The normalized spacial score (nSPS) is 15.3. The molecule has 0 aliphatic heterocycles. The molecule has 0 unspecified atom stereocenters. The van der Waals surface area contributed by atoms with Gasteiger partial charge in [0.2, 0.25) is 0 Å². The van der Waals surface area contributed by atoms with Crippen LogP contribution >= 0.6 is 0 Å². The third-order valence-electron chi connectivity index (χ3n) is 2.11. The van der Waals surface area contributed by atoms with Crippen molar-refractivity contribution in [3.05, 3.63) is 28.4 Å². The number of nitriles is 1. The highest BCUT2D eigenvalue weighted by atomic mass is 16.1. The second-order valence-electron chi connectivity index (χ2n) is 3.14. The molecule has 1 saturated carbocycles. The van der Waals surface area contributed by atoms with Crippen LogP contribution in [0.15, 0.2) is 17.1 Å². The van der Waals surface area contributed by atoms with Crippen molar-refractivity contribution < 1.29 is 0 Å². The summed E-state index contributed by atoms with van der Waals surface area (Å²) in [6.07, 6.45) is 3.74. The topological polar surface area (TPSA) is 58.7 Å². The highest BCUT2D eigenvalue weighted by Gasteiger charge is 2.26. The minimum Gasteiger partial charge on any atom is -0.293 e. The predicted octanol–water partition coefficient (Wildman–Crippen LogP) is 0.644. The van der Waals surface area contributed by atoms with Gasteiger partial charge in [-0.15, -0.1) is 0 Å². The Bertz CT molecular complexity index is 412. The van der Waals surface area contributed by atoms with Crippen molar-refractivity contribution in [2.24, 2.45) is 0 Å². The van der Waals surface area contributed by atoms with E-state index in [1.165, 1.54) is 12.3 Å². The largest absolute Gasteiger partial charge is 0.293 e. The van der Waals surface area contributed by atoms with Crippen LogP contribution in [0.25, 0.3) is 0 Å². The second-order valence-corrected chi connectivity index (χ2v) is 3.14. The van der Waals surface area contributed by atoms with Crippen LogP contribution in [0.4, 0.5) is 0 Å². The molecule has 1 heterocycles. The van der Waals surface area contributed by atoms with E-state index in [0.29, 0.717) is 11.9 Å². The average Bonchev–Trinajstić information content (AvgIpc) is 2.88. The van der Waals surface area contributed by atoms with Crippen LogP contribution in [-0.2, 0) is 6.42 Å². The van der Waals surface area contributed by atoms with Gasteiger partial charge in [-0.3, -0.25) is 9.36 Å². The summed E-state index contributed by atoms with van der Waals surface area (Å²) in [4.78, 5) is 15.4. The van der Waals surface area contributed by atoms with Gasteiger partial charge < -0.3 is 0 Å². The zero-order valence-electron chi connectivity index (χ0n) is 7.10. The summed E-state index contributed by atoms with van der Waals surface area (Å²) in [7, 11) is 0. The van der Waals surface area contributed by atoms with Gasteiger partial charge >= 0.3 is 0 Å². The van der Waals surface area contributed by atoms with E-state index in [1.54, 1.807) is 4.57 Å². The zero-order chi connectivity index (χ0) is 9.26. The van der Waals surface area contributed by atoms with E-state index in [1.807, 2.05) is 6.07 Å². The molecule has 13 heavy (non-hydrogen) atoms. The van der Waals surface area contributed by atoms with E-state index in [2.05, 4.69) is 4.98 Å². The van der Waals surface area contributed by atoms with Gasteiger partial charge in [-0.05, 0) is 12.8 Å². The van der Waals surface area contributed by atoms with Gasteiger partial charge in [-0.25, -0.2) is 4.98 Å². The summed E-state index contributed by atoms with van der Waals surface area (Å²) >= 11 is 0. The molecular weight excluding hydrogens is 166 g/mol. The van der Waals surface area contributed by atoms with Crippen molar-refractivity contribution in [1.29, 1.82) is 5.26 Å². The Morgan fingerprint density at radius 3 is 3.08 bits per heavy atom. The number of hydrogen-bond donors (Lipinski definition) is 0. The molecule has 0 aromatic carbocycles. The lowest BCUT2D eigenvalue weighted by Gasteiger charge is -2.06. The molecule has 0 N–H and O–H groups in total. The minimum atomic E-state index is -0.0391. The third-order valence-corrected chi connectivity index (χ3v) is 2.11. The lowest BCUT2D eigenvalue weighted by atomic mass is 10.4. The average molecular weight is 175 g/mol. The maximum absolute atomic E-state index is 11.4. The molecule has 1 aromatic heterocycles. The maximum atomic E-state index is 11.4. The molecule has 0 saturated heterocycles. The van der Waals surface area contributed by atoms with Gasteiger partial charge in [-0.1, -0.05) is 0 Å². The first-order valence-electron chi connectivity index (χ1n) is 4.26. The van der Waals surface area contributed by atoms with E-state index in [4.69, 9.17) is 5.26 Å². The maximum Gasteiger partial charge on any atom is 0.253 e. The van der Waals surface area contributed by atoms with Crippen LogP contribution in [0.3, 0.4) is 0 Å². The standard InChI is InChI=1S/C9H9N3O/c10-5-3-8-11-6-4-9(13)12(8)7-1-2-7/h4,6-7H,1-3H2. The fourth-order valence-corrected chi connectivity index (χ4v) is 1.38. The van der Waals surface area contributed by atoms with Gasteiger partial charge in [0, 0.05) is 18.3 Å². The Hall–Kier alpha value is -1.63. The molecular formula is C9H9N3O. The van der Waals surface area contributed by atoms with Crippen molar-refractivity contribution in [2.75, 3.05) is 0 Å². The molecule has 0 radical (unpaired) electrons. The van der Waals surface area contributed by atoms with Crippen molar-refractivity contribution in [3.63, 3.8) is 0 Å². The van der Waals surface area contributed by atoms with Crippen molar-refractivity contribution >= 4 is 0 Å². The first-order valence-corrected chi connectivity index (χ1v) is 4.26. The third kappa shape index (κ3) is 1.45. The first kappa shape index (κ1) is 7.99. The van der Waals surface area contributed by atoms with E-state index in [0.717, 1.165) is 12.8 Å². The van der Waals surface area contributed by atoms with Crippen LogP contribution in [-0.4, -0.2) is 9.55 Å². The van der Waals surface area contributed by atoms with Crippen molar-refractivity contribution in [2.45, 2.75) is 25.3 Å². The monoisotopic (exact) mass is 175 g/mol. The Kier molecular flexibility index (Phi) is 1.85. The van der Waals surface area contributed by atoms with E-state index in [-0.39, 0.29) is 12.0 Å². The molecule has 0 bridgehead atoms. The SMILES string of the molecule is N#CCc1nccc(=O)n1C1CC1. The zero-order valence-corrected chi connectivity index (χ0v) is 7.10. The molecule has 1 fully saturated rings. The molecule has 0 spiro atoms. The van der Waals surface area contributed by atoms with Crippen molar-refractivity contribution in [1.82, 2.24) is 9.55 Å². The van der Waals surface area contributed by atoms with Gasteiger partial charge in [-0.2, -0.15) is 5.26 Å². The van der Waals surface area contributed by atoms with Crippen LogP contribution in [0.2, 0.25) is 0 Å². The number of aromatic nitrogens is 2. The summed E-state index contributed by atoms with van der Waals surface area (Å²) in [5.41, 5.74) is -0.0391. The predicted molar refractivity (Wildman–Crippen MR) is 46.1 cm³/mol. The smallest absolute Gasteiger partial charge is 0.253 e. The molecule has 0 atom stereocenters. The van der Waals surface area contributed by atoms with Crippen LogP contribution in [0.1, 0.15) is 24.7 Å². The number of hydrogen-bond acceptors (Lipinski definition) is 3. The van der Waals surface area contributed by atoms with Crippen LogP contribution in [0.5, 0.6) is 0 Å². The molecule has 1 aromatic rings. The first-order chi connectivity index (χ1) is 6.33. The summed E-state index contributed by atoms with van der Waals surface area (Å²) < 4.78 is 1.64. The molecule has 4 nitrogen and oxygen atoms in total. The molecule has 66 valence electrons. The molecule has 0 amide bonds. The molecule has 4 heteroatoms. The van der Waals surface area contributed by atoms with Gasteiger partial charge in [0.05, 0.1) is 12.5 Å². The summed E-state index contributed by atoms with van der Waals surface area (Å²) in [6.45, 7) is 0. The van der Waals surface area contributed by atoms with Gasteiger partial charge in [0.1, 0.15) is 5.82 Å². The molecule has 1 aliphatic rings. The van der Waals surface area contributed by atoms with E-state index in [9.17, 15) is 4.79 Å². The van der Waals surface area contributed by atoms with Gasteiger partial charge in [0.15, 0.2) is 0 Å². The molecule has 2 rings (SSSR count). The fraction of sp³-hybridized carbons (Fsp3) is 0.444. The highest BCUT2D eigenvalue weighted by Crippen LogP contribution is 2.33. The highest BCUT2D eigenvalue weighted by molar-refractivity contribution is 5.04. The Labute approximate surface area is 75.5 Å². The second kappa shape index (κ2) is 3.02. The molecule has 1 aliphatic carbocycles.